The fourth-order valence-corrected chi connectivity index (χ4v) is 2.38. The number of pyridine rings is 1. The molecule has 2 aromatic rings. The van der Waals surface area contributed by atoms with Crippen molar-refractivity contribution in [3.8, 4) is 5.75 Å². The standard InChI is InChI=1S/C17H17ClN2O2/c1-11-3-10-15(19-16(11)18)20(17(21)12-4-5-12)13-6-8-14(22-2)9-7-13/h3,6-10,12H,4-5H2,1-2H3. The van der Waals surface area contributed by atoms with Crippen LogP contribution < -0.4 is 9.64 Å². The fraction of sp³-hybridized carbons (Fsp3) is 0.294. The Morgan fingerprint density at radius 2 is 1.91 bits per heavy atom. The monoisotopic (exact) mass is 316 g/mol. The van der Waals surface area contributed by atoms with Gasteiger partial charge < -0.3 is 4.74 Å². The highest BCUT2D eigenvalue weighted by Crippen LogP contribution is 2.36. The largest absolute Gasteiger partial charge is 0.497 e. The van der Waals surface area contributed by atoms with E-state index in [1.54, 1.807) is 12.0 Å². The highest BCUT2D eigenvalue weighted by molar-refractivity contribution is 6.30. The van der Waals surface area contributed by atoms with Crippen LogP contribution in [0.3, 0.4) is 0 Å². The SMILES string of the molecule is COc1ccc(N(C(=O)C2CC2)c2ccc(C)c(Cl)n2)cc1. The number of carbonyl (C=O) groups is 1. The zero-order valence-corrected chi connectivity index (χ0v) is 13.3. The first kappa shape index (κ1) is 14.9. The van der Waals surface area contributed by atoms with Crippen LogP contribution in [0.5, 0.6) is 5.75 Å². The number of methoxy groups -OCH3 is 1. The molecule has 1 aliphatic carbocycles. The number of nitrogens with zero attached hydrogens (tertiary/aromatic N) is 2. The van der Waals surface area contributed by atoms with Crippen LogP contribution >= 0.6 is 11.6 Å². The third-order valence-corrected chi connectivity index (χ3v) is 4.11. The van der Waals surface area contributed by atoms with Crippen molar-refractivity contribution in [2.24, 2.45) is 5.92 Å². The average molecular weight is 317 g/mol. The summed E-state index contributed by atoms with van der Waals surface area (Å²) in [7, 11) is 1.61. The highest BCUT2D eigenvalue weighted by Gasteiger charge is 2.35. The molecule has 0 bridgehead atoms. The summed E-state index contributed by atoms with van der Waals surface area (Å²) in [5.74, 6) is 1.46. The summed E-state index contributed by atoms with van der Waals surface area (Å²) < 4.78 is 5.17. The Hall–Kier alpha value is -2.07. The summed E-state index contributed by atoms with van der Waals surface area (Å²) in [6.07, 6.45) is 1.87. The predicted octanol–water partition coefficient (Wildman–Crippen LogP) is 4.13. The van der Waals surface area contributed by atoms with Crippen LogP contribution in [-0.2, 0) is 4.79 Å². The second-order valence-corrected chi connectivity index (χ2v) is 5.78. The van der Waals surface area contributed by atoms with Crippen LogP contribution in [0.2, 0.25) is 5.15 Å². The molecule has 1 fully saturated rings. The van der Waals surface area contributed by atoms with E-state index in [1.165, 1.54) is 0 Å². The molecule has 0 saturated heterocycles. The number of carbonyl (C=O) groups excluding carboxylic acids is 1. The van der Waals surface area contributed by atoms with Gasteiger partial charge >= 0.3 is 0 Å². The zero-order valence-electron chi connectivity index (χ0n) is 12.5. The third-order valence-electron chi connectivity index (χ3n) is 3.73. The van der Waals surface area contributed by atoms with E-state index < -0.39 is 0 Å². The molecule has 0 unspecified atom stereocenters. The van der Waals surface area contributed by atoms with Gasteiger partial charge in [-0.3, -0.25) is 9.69 Å². The van der Waals surface area contributed by atoms with E-state index in [1.807, 2.05) is 43.3 Å². The van der Waals surface area contributed by atoms with E-state index in [9.17, 15) is 4.79 Å². The molecular formula is C17H17ClN2O2. The number of benzene rings is 1. The molecule has 114 valence electrons. The van der Waals surface area contributed by atoms with E-state index in [0.717, 1.165) is 29.8 Å². The van der Waals surface area contributed by atoms with Crippen molar-refractivity contribution < 1.29 is 9.53 Å². The lowest BCUT2D eigenvalue weighted by Crippen LogP contribution is -2.28. The number of halogens is 1. The normalized spacial score (nSPS) is 13.8. The van der Waals surface area contributed by atoms with Crippen molar-refractivity contribution in [2.75, 3.05) is 12.0 Å². The van der Waals surface area contributed by atoms with Gasteiger partial charge in [-0.25, -0.2) is 4.98 Å². The van der Waals surface area contributed by atoms with Crippen molar-refractivity contribution in [1.29, 1.82) is 0 Å². The van der Waals surface area contributed by atoms with Gasteiger partial charge in [0.25, 0.3) is 0 Å². The molecule has 0 atom stereocenters. The van der Waals surface area contributed by atoms with Gasteiger partial charge in [-0.1, -0.05) is 17.7 Å². The highest BCUT2D eigenvalue weighted by atomic mass is 35.5. The lowest BCUT2D eigenvalue weighted by molar-refractivity contribution is -0.119. The molecular weight excluding hydrogens is 300 g/mol. The summed E-state index contributed by atoms with van der Waals surface area (Å²) >= 11 is 6.12. The maximum Gasteiger partial charge on any atom is 0.235 e. The van der Waals surface area contributed by atoms with Crippen LogP contribution in [-0.4, -0.2) is 18.0 Å². The molecule has 0 radical (unpaired) electrons. The smallest absolute Gasteiger partial charge is 0.235 e. The predicted molar refractivity (Wildman–Crippen MR) is 86.8 cm³/mol. The first-order chi connectivity index (χ1) is 10.6. The molecule has 0 spiro atoms. The van der Waals surface area contributed by atoms with E-state index in [0.29, 0.717) is 11.0 Å². The number of aromatic nitrogens is 1. The second-order valence-electron chi connectivity index (χ2n) is 5.42. The van der Waals surface area contributed by atoms with Gasteiger partial charge in [0.2, 0.25) is 5.91 Å². The van der Waals surface area contributed by atoms with E-state index in [2.05, 4.69) is 4.98 Å². The quantitative estimate of drug-likeness (QED) is 0.797. The van der Waals surface area contributed by atoms with Gasteiger partial charge in [-0.2, -0.15) is 0 Å². The average Bonchev–Trinajstić information content (AvgIpc) is 3.36. The Labute approximate surface area is 134 Å². The van der Waals surface area contributed by atoms with Gasteiger partial charge in [-0.15, -0.1) is 0 Å². The van der Waals surface area contributed by atoms with Crippen LogP contribution in [0.4, 0.5) is 11.5 Å². The van der Waals surface area contributed by atoms with Crippen molar-refractivity contribution in [1.82, 2.24) is 4.98 Å². The van der Waals surface area contributed by atoms with E-state index in [-0.39, 0.29) is 11.8 Å². The number of hydrogen-bond acceptors (Lipinski definition) is 3. The minimum absolute atomic E-state index is 0.0672. The summed E-state index contributed by atoms with van der Waals surface area (Å²) in [5, 5.41) is 0.416. The Kier molecular flexibility index (Phi) is 4.03. The maximum absolute atomic E-state index is 12.7. The molecule has 0 N–H and O–H groups in total. The van der Waals surface area contributed by atoms with Gasteiger partial charge in [0, 0.05) is 5.92 Å². The molecule has 0 aliphatic heterocycles. The van der Waals surface area contributed by atoms with Crippen molar-refractivity contribution >= 4 is 29.0 Å². The van der Waals surface area contributed by atoms with Gasteiger partial charge in [0.1, 0.15) is 16.7 Å². The first-order valence-corrected chi connectivity index (χ1v) is 7.59. The molecule has 3 rings (SSSR count). The molecule has 1 aromatic heterocycles. The van der Waals surface area contributed by atoms with Gasteiger partial charge in [-0.05, 0) is 55.7 Å². The maximum atomic E-state index is 12.7. The number of hydrogen-bond donors (Lipinski definition) is 0. The van der Waals surface area contributed by atoms with Crippen molar-refractivity contribution in [2.45, 2.75) is 19.8 Å². The summed E-state index contributed by atoms with van der Waals surface area (Å²) in [6, 6.07) is 11.1. The van der Waals surface area contributed by atoms with Crippen LogP contribution in [0.25, 0.3) is 0 Å². The fourth-order valence-electron chi connectivity index (χ4n) is 2.24. The first-order valence-electron chi connectivity index (χ1n) is 7.21. The number of aryl methyl sites for hydroxylation is 1. The van der Waals surface area contributed by atoms with Gasteiger partial charge in [0.15, 0.2) is 0 Å². The Bertz CT molecular complexity index is 696. The molecule has 22 heavy (non-hydrogen) atoms. The molecule has 1 aromatic carbocycles. The Morgan fingerprint density at radius 1 is 1.23 bits per heavy atom. The third kappa shape index (κ3) is 2.92. The topological polar surface area (TPSA) is 42.4 Å². The van der Waals surface area contributed by atoms with Crippen molar-refractivity contribution in [3.63, 3.8) is 0 Å². The molecule has 4 nitrogen and oxygen atoms in total. The minimum atomic E-state index is 0.0672. The van der Waals surface area contributed by atoms with E-state index >= 15 is 0 Å². The molecule has 1 aliphatic rings. The molecule has 1 amide bonds. The number of anilines is 2. The number of rotatable bonds is 4. The molecule has 5 heteroatoms. The molecule has 1 saturated carbocycles. The van der Waals surface area contributed by atoms with Crippen molar-refractivity contribution in [3.05, 3.63) is 47.1 Å². The zero-order chi connectivity index (χ0) is 15.7. The lowest BCUT2D eigenvalue weighted by Gasteiger charge is -2.22. The van der Waals surface area contributed by atoms with E-state index in [4.69, 9.17) is 16.3 Å². The Balaban J connectivity index is 2.02. The Morgan fingerprint density at radius 3 is 2.45 bits per heavy atom. The number of amides is 1. The molecule has 1 heterocycles. The summed E-state index contributed by atoms with van der Waals surface area (Å²) in [4.78, 5) is 18.7. The lowest BCUT2D eigenvalue weighted by atomic mass is 10.2. The summed E-state index contributed by atoms with van der Waals surface area (Å²) in [5.41, 5.74) is 1.66. The van der Waals surface area contributed by atoms with Crippen LogP contribution in [0, 0.1) is 12.8 Å². The second kappa shape index (κ2) is 5.97. The number of ether oxygens (including phenoxy) is 1. The van der Waals surface area contributed by atoms with Crippen LogP contribution in [0.15, 0.2) is 36.4 Å². The summed E-state index contributed by atoms with van der Waals surface area (Å²) in [6.45, 7) is 1.89. The van der Waals surface area contributed by atoms with Gasteiger partial charge in [0.05, 0.1) is 12.8 Å². The minimum Gasteiger partial charge on any atom is -0.497 e. The van der Waals surface area contributed by atoms with Crippen LogP contribution in [0.1, 0.15) is 18.4 Å².